The molecule has 0 aromatic carbocycles. The maximum Gasteiger partial charge on any atom is 0.264 e. The van der Waals surface area contributed by atoms with E-state index in [1.54, 1.807) is 0 Å². The summed E-state index contributed by atoms with van der Waals surface area (Å²) in [7, 11) is -3.66. The van der Waals surface area contributed by atoms with E-state index in [-0.39, 0.29) is 5.75 Å². The van der Waals surface area contributed by atoms with Crippen LogP contribution in [0.3, 0.4) is 0 Å². The summed E-state index contributed by atoms with van der Waals surface area (Å²) in [6, 6.07) is 0. The van der Waals surface area contributed by atoms with E-state index in [2.05, 4.69) is 16.7 Å². The molecule has 1 heterocycles. The first kappa shape index (κ1) is 16.8. The topological polar surface area (TPSA) is 81.1 Å². The summed E-state index contributed by atoms with van der Waals surface area (Å²) in [5.41, 5.74) is 0. The smallest absolute Gasteiger partial charge is 0.264 e. The molecule has 0 amide bonds. The van der Waals surface area contributed by atoms with Gasteiger partial charge < -0.3 is 10.0 Å². The van der Waals surface area contributed by atoms with Gasteiger partial charge in [0.2, 0.25) is 0 Å². The molecule has 0 spiro atoms. The minimum absolute atomic E-state index is 0.201. The predicted molar refractivity (Wildman–Crippen MR) is 67.7 cm³/mol. The highest BCUT2D eigenvalue weighted by Crippen LogP contribution is 1.99. The molecule has 0 radical (unpaired) electrons. The van der Waals surface area contributed by atoms with Crippen molar-refractivity contribution in [3.8, 4) is 0 Å². The second-order valence-corrected chi connectivity index (χ2v) is 5.61. The molecule has 2 N–H and O–H groups in total. The first-order valence-electron chi connectivity index (χ1n) is 5.93. The summed E-state index contributed by atoms with van der Waals surface area (Å²) in [6.07, 6.45) is 0. The fourth-order valence-electron chi connectivity index (χ4n) is 1.47. The molecule has 1 aliphatic heterocycles. The molecule has 0 aromatic heterocycles. The lowest BCUT2D eigenvalue weighted by Gasteiger charge is -2.33. The van der Waals surface area contributed by atoms with E-state index in [1.807, 2.05) is 0 Å². The third-order valence-corrected chi connectivity index (χ3v) is 3.42. The molecule has 104 valence electrons. The number of aliphatic hydroxyl groups excluding tert-OH is 1. The highest BCUT2D eigenvalue weighted by Gasteiger charge is 2.13. The van der Waals surface area contributed by atoms with Crippen molar-refractivity contribution in [2.45, 2.75) is 13.8 Å². The first-order chi connectivity index (χ1) is 7.92. The Labute approximate surface area is 104 Å². The lowest BCUT2D eigenvalue weighted by Crippen LogP contribution is -2.46. The molecular weight excluding hydrogens is 244 g/mol. The Balaban J connectivity index is 0.000000366. The van der Waals surface area contributed by atoms with Crippen LogP contribution >= 0.6 is 0 Å². The molecular formula is C10H24N2O4S. The van der Waals surface area contributed by atoms with Gasteiger partial charge in [-0.1, -0.05) is 6.92 Å². The van der Waals surface area contributed by atoms with Crippen LogP contribution in [0.4, 0.5) is 0 Å². The molecule has 0 atom stereocenters. The normalized spacial score (nSPS) is 18.6. The van der Waals surface area contributed by atoms with Crippen LogP contribution in [0.25, 0.3) is 0 Å². The molecule has 0 unspecified atom stereocenters. The third kappa shape index (κ3) is 9.49. The van der Waals surface area contributed by atoms with E-state index in [9.17, 15) is 8.42 Å². The molecule has 0 aliphatic carbocycles. The van der Waals surface area contributed by atoms with Crippen LogP contribution in [0.2, 0.25) is 0 Å². The van der Waals surface area contributed by atoms with Crippen LogP contribution in [0.1, 0.15) is 13.8 Å². The van der Waals surface area contributed by atoms with E-state index in [0.29, 0.717) is 6.61 Å². The van der Waals surface area contributed by atoms with E-state index in [4.69, 9.17) is 9.66 Å². The third-order valence-electron chi connectivity index (χ3n) is 2.69. The monoisotopic (exact) mass is 268 g/mol. The van der Waals surface area contributed by atoms with Crippen LogP contribution in [0, 0.1) is 0 Å². The molecule has 0 bridgehead atoms. The molecule has 0 saturated carbocycles. The molecule has 1 fully saturated rings. The summed E-state index contributed by atoms with van der Waals surface area (Å²) in [6.45, 7) is 10.4. The van der Waals surface area contributed by atoms with Crippen LogP contribution in [0.15, 0.2) is 0 Å². The van der Waals surface area contributed by atoms with Crippen molar-refractivity contribution in [3.05, 3.63) is 0 Å². The van der Waals surface area contributed by atoms with Crippen molar-refractivity contribution in [2.24, 2.45) is 0 Å². The highest BCUT2D eigenvalue weighted by molar-refractivity contribution is 7.85. The number of rotatable bonds is 4. The van der Waals surface area contributed by atoms with Gasteiger partial charge in [-0.3, -0.25) is 9.45 Å². The fraction of sp³-hybridized carbons (Fsp3) is 1.00. The maximum absolute atomic E-state index is 9.56. The maximum atomic E-state index is 9.56. The van der Waals surface area contributed by atoms with Crippen LogP contribution in [0.5, 0.6) is 0 Å². The number of hydrogen-bond acceptors (Lipinski definition) is 5. The van der Waals surface area contributed by atoms with Crippen molar-refractivity contribution in [1.29, 1.82) is 0 Å². The Morgan fingerprint density at radius 2 is 1.47 bits per heavy atom. The average Bonchev–Trinajstić information content (AvgIpc) is 2.30. The van der Waals surface area contributed by atoms with E-state index in [1.165, 1.54) is 6.92 Å². The number of nitrogens with zero attached hydrogens (tertiary/aromatic N) is 2. The van der Waals surface area contributed by atoms with Gasteiger partial charge in [0, 0.05) is 32.7 Å². The summed E-state index contributed by atoms with van der Waals surface area (Å²) < 4.78 is 26.9. The average molecular weight is 268 g/mol. The zero-order valence-corrected chi connectivity index (χ0v) is 11.5. The molecule has 0 aromatic rings. The Kier molecular flexibility index (Phi) is 8.71. The van der Waals surface area contributed by atoms with Crippen LogP contribution in [-0.4, -0.2) is 79.5 Å². The van der Waals surface area contributed by atoms with E-state index >= 15 is 0 Å². The SMILES string of the molecule is CCN1CCN(CCO)CC1.CCS(=O)(=O)O. The number of β-amino-alcohol motifs (C(OH)–C–C–N with tert-alkyl or cyclic N) is 1. The molecule has 7 heteroatoms. The quantitative estimate of drug-likeness (QED) is 0.670. The van der Waals surface area contributed by atoms with Gasteiger partial charge in [-0.25, -0.2) is 0 Å². The van der Waals surface area contributed by atoms with E-state index in [0.717, 1.165) is 39.3 Å². The first-order valence-corrected chi connectivity index (χ1v) is 7.54. The van der Waals surface area contributed by atoms with Gasteiger partial charge >= 0.3 is 0 Å². The van der Waals surface area contributed by atoms with Gasteiger partial charge in [0.25, 0.3) is 10.1 Å². The number of aliphatic hydroxyl groups is 1. The largest absolute Gasteiger partial charge is 0.395 e. The minimum atomic E-state index is -3.66. The summed E-state index contributed by atoms with van der Waals surface area (Å²) in [4.78, 5) is 4.75. The second kappa shape index (κ2) is 8.82. The number of hydrogen-bond donors (Lipinski definition) is 2. The Bertz CT molecular complexity index is 274. The van der Waals surface area contributed by atoms with Gasteiger partial charge in [0.1, 0.15) is 0 Å². The Morgan fingerprint density at radius 3 is 1.76 bits per heavy atom. The highest BCUT2D eigenvalue weighted by atomic mass is 32.2. The number of likely N-dealkylation sites (N-methyl/N-ethyl adjacent to an activating group) is 1. The van der Waals surface area contributed by atoms with E-state index < -0.39 is 10.1 Å². The van der Waals surface area contributed by atoms with Gasteiger partial charge in [-0.15, -0.1) is 0 Å². The zero-order valence-electron chi connectivity index (χ0n) is 10.7. The van der Waals surface area contributed by atoms with Gasteiger partial charge in [0.05, 0.1) is 12.4 Å². The number of piperazine rings is 1. The van der Waals surface area contributed by atoms with Gasteiger partial charge in [-0.2, -0.15) is 8.42 Å². The second-order valence-electron chi connectivity index (χ2n) is 3.87. The van der Waals surface area contributed by atoms with Gasteiger partial charge in [-0.05, 0) is 13.5 Å². The lowest BCUT2D eigenvalue weighted by atomic mass is 10.3. The fourth-order valence-corrected chi connectivity index (χ4v) is 1.47. The van der Waals surface area contributed by atoms with Crippen LogP contribution < -0.4 is 0 Å². The van der Waals surface area contributed by atoms with Crippen molar-refractivity contribution in [1.82, 2.24) is 9.80 Å². The molecule has 6 nitrogen and oxygen atoms in total. The van der Waals surface area contributed by atoms with Crippen molar-refractivity contribution in [2.75, 3.05) is 51.6 Å². The standard InChI is InChI=1S/C8H18N2O.C2H6O3S/c1-2-9-3-5-10(6-4-9)7-8-11;1-2-6(3,4)5/h11H,2-8H2,1H3;2H2,1H3,(H,3,4,5). The molecule has 1 rings (SSSR count). The van der Waals surface area contributed by atoms with Gasteiger partial charge in [0.15, 0.2) is 0 Å². The summed E-state index contributed by atoms with van der Waals surface area (Å²) in [5, 5.41) is 8.69. The van der Waals surface area contributed by atoms with Crippen molar-refractivity contribution in [3.63, 3.8) is 0 Å². The summed E-state index contributed by atoms with van der Waals surface area (Å²) >= 11 is 0. The predicted octanol–water partition coefficient (Wildman–Crippen LogP) is -0.490. The molecule has 1 saturated heterocycles. The summed E-state index contributed by atoms with van der Waals surface area (Å²) in [5.74, 6) is -0.201. The van der Waals surface area contributed by atoms with Crippen molar-refractivity contribution >= 4 is 10.1 Å². The van der Waals surface area contributed by atoms with Crippen LogP contribution in [-0.2, 0) is 10.1 Å². The lowest BCUT2D eigenvalue weighted by molar-refractivity contribution is 0.116. The molecule has 17 heavy (non-hydrogen) atoms. The Morgan fingerprint density at radius 1 is 1.06 bits per heavy atom. The van der Waals surface area contributed by atoms with Crippen molar-refractivity contribution < 1.29 is 18.1 Å². The zero-order chi connectivity index (χ0) is 13.3. The minimum Gasteiger partial charge on any atom is -0.395 e. The molecule has 1 aliphatic rings. The Hall–Kier alpha value is -0.210.